The SMILES string of the molecule is CC(=O)C(O)(Cc1ccccc1)c1ccccc1. The fourth-order valence-corrected chi connectivity index (χ4v) is 2.03. The maximum absolute atomic E-state index is 11.8. The van der Waals surface area contributed by atoms with Crippen LogP contribution >= 0.6 is 0 Å². The zero-order chi connectivity index (χ0) is 13.0. The minimum atomic E-state index is -1.44. The van der Waals surface area contributed by atoms with Gasteiger partial charge in [0.15, 0.2) is 11.4 Å². The molecule has 0 spiro atoms. The minimum absolute atomic E-state index is 0.238. The van der Waals surface area contributed by atoms with Gasteiger partial charge in [0, 0.05) is 6.42 Å². The molecule has 2 rings (SSSR count). The van der Waals surface area contributed by atoms with Gasteiger partial charge in [-0.15, -0.1) is 0 Å². The van der Waals surface area contributed by atoms with E-state index in [2.05, 4.69) is 0 Å². The highest BCUT2D eigenvalue weighted by molar-refractivity contribution is 5.86. The molecule has 2 nitrogen and oxygen atoms in total. The average Bonchev–Trinajstić information content (AvgIpc) is 2.40. The van der Waals surface area contributed by atoms with Crippen molar-refractivity contribution in [3.63, 3.8) is 0 Å². The Bertz CT molecular complexity index is 519. The summed E-state index contributed by atoms with van der Waals surface area (Å²) < 4.78 is 0. The summed E-state index contributed by atoms with van der Waals surface area (Å²) in [5, 5.41) is 10.7. The largest absolute Gasteiger partial charge is 0.377 e. The number of rotatable bonds is 4. The van der Waals surface area contributed by atoms with Crippen molar-refractivity contribution in [1.82, 2.24) is 0 Å². The molecule has 0 aliphatic rings. The average molecular weight is 240 g/mol. The molecule has 1 unspecified atom stereocenters. The van der Waals surface area contributed by atoms with Crippen molar-refractivity contribution in [1.29, 1.82) is 0 Å². The van der Waals surface area contributed by atoms with E-state index in [-0.39, 0.29) is 5.78 Å². The van der Waals surface area contributed by atoms with Crippen LogP contribution in [0.2, 0.25) is 0 Å². The van der Waals surface area contributed by atoms with Gasteiger partial charge < -0.3 is 5.11 Å². The highest BCUT2D eigenvalue weighted by Gasteiger charge is 2.34. The van der Waals surface area contributed by atoms with Crippen LogP contribution in [-0.4, -0.2) is 10.9 Å². The quantitative estimate of drug-likeness (QED) is 0.892. The summed E-state index contributed by atoms with van der Waals surface area (Å²) in [6.07, 6.45) is 0.299. The highest BCUT2D eigenvalue weighted by Crippen LogP contribution is 2.26. The molecule has 0 aliphatic heterocycles. The van der Waals surface area contributed by atoms with Crippen LogP contribution in [0.1, 0.15) is 18.1 Å². The Morgan fingerprint density at radius 2 is 1.50 bits per heavy atom. The molecule has 1 N–H and O–H groups in total. The molecule has 0 bridgehead atoms. The van der Waals surface area contributed by atoms with E-state index >= 15 is 0 Å². The molecular weight excluding hydrogens is 224 g/mol. The third kappa shape index (κ3) is 2.49. The van der Waals surface area contributed by atoms with Crippen molar-refractivity contribution >= 4 is 5.78 Å². The summed E-state index contributed by atoms with van der Waals surface area (Å²) in [4.78, 5) is 11.8. The van der Waals surface area contributed by atoms with Crippen LogP contribution in [0.15, 0.2) is 60.7 Å². The van der Waals surface area contributed by atoms with Crippen molar-refractivity contribution in [2.75, 3.05) is 0 Å². The van der Waals surface area contributed by atoms with Crippen molar-refractivity contribution < 1.29 is 9.90 Å². The van der Waals surface area contributed by atoms with Crippen molar-refractivity contribution in [3.05, 3.63) is 71.8 Å². The lowest BCUT2D eigenvalue weighted by Crippen LogP contribution is -2.36. The number of hydrogen-bond acceptors (Lipinski definition) is 2. The summed E-state index contributed by atoms with van der Waals surface area (Å²) in [5.41, 5.74) is 0.142. The van der Waals surface area contributed by atoms with Gasteiger partial charge in [0.2, 0.25) is 0 Å². The van der Waals surface area contributed by atoms with Crippen molar-refractivity contribution in [2.45, 2.75) is 18.9 Å². The Morgan fingerprint density at radius 3 is 2.00 bits per heavy atom. The lowest BCUT2D eigenvalue weighted by molar-refractivity contribution is -0.136. The van der Waals surface area contributed by atoms with Gasteiger partial charge >= 0.3 is 0 Å². The predicted molar refractivity (Wildman–Crippen MR) is 71.2 cm³/mol. The fraction of sp³-hybridized carbons (Fsp3) is 0.188. The second-order valence-corrected chi connectivity index (χ2v) is 4.44. The van der Waals surface area contributed by atoms with E-state index in [0.717, 1.165) is 5.56 Å². The zero-order valence-electron chi connectivity index (χ0n) is 10.3. The molecule has 18 heavy (non-hydrogen) atoms. The molecule has 0 aliphatic carbocycles. The molecule has 2 aromatic carbocycles. The smallest absolute Gasteiger partial charge is 0.166 e. The van der Waals surface area contributed by atoms with Gasteiger partial charge in [0.25, 0.3) is 0 Å². The van der Waals surface area contributed by atoms with Crippen LogP contribution in [0.25, 0.3) is 0 Å². The molecular formula is C16H16O2. The second-order valence-electron chi connectivity index (χ2n) is 4.44. The van der Waals surface area contributed by atoms with E-state index in [1.807, 2.05) is 48.5 Å². The highest BCUT2D eigenvalue weighted by atomic mass is 16.3. The second kappa shape index (κ2) is 5.15. The summed E-state index contributed by atoms with van der Waals surface area (Å²) in [6, 6.07) is 18.6. The summed E-state index contributed by atoms with van der Waals surface area (Å²) in [5.74, 6) is -0.238. The number of carbonyl (C=O) groups is 1. The van der Waals surface area contributed by atoms with E-state index in [1.165, 1.54) is 6.92 Å². The first kappa shape index (κ1) is 12.5. The fourth-order valence-electron chi connectivity index (χ4n) is 2.03. The molecule has 0 saturated heterocycles. The van der Waals surface area contributed by atoms with Crippen LogP contribution < -0.4 is 0 Å². The lowest BCUT2D eigenvalue weighted by atomic mass is 9.84. The summed E-state index contributed by atoms with van der Waals surface area (Å²) >= 11 is 0. The molecule has 0 saturated carbocycles. The molecule has 92 valence electrons. The van der Waals surface area contributed by atoms with Crippen LogP contribution in [0.3, 0.4) is 0 Å². The van der Waals surface area contributed by atoms with Crippen LogP contribution in [0.5, 0.6) is 0 Å². The Hall–Kier alpha value is -1.93. The van der Waals surface area contributed by atoms with Gasteiger partial charge in [-0.2, -0.15) is 0 Å². The third-order valence-electron chi connectivity index (χ3n) is 3.14. The van der Waals surface area contributed by atoms with E-state index in [9.17, 15) is 9.90 Å². The predicted octanol–water partition coefficient (Wildman–Crippen LogP) is 2.71. The number of hydrogen-bond donors (Lipinski definition) is 1. The normalized spacial score (nSPS) is 13.9. The van der Waals surface area contributed by atoms with Gasteiger partial charge in [-0.05, 0) is 18.1 Å². The first-order chi connectivity index (χ1) is 8.63. The van der Waals surface area contributed by atoms with Gasteiger partial charge in [0.05, 0.1) is 0 Å². The van der Waals surface area contributed by atoms with E-state index in [0.29, 0.717) is 12.0 Å². The van der Waals surface area contributed by atoms with Gasteiger partial charge in [-0.1, -0.05) is 60.7 Å². The molecule has 0 fully saturated rings. The van der Waals surface area contributed by atoms with Gasteiger partial charge in [-0.25, -0.2) is 0 Å². The third-order valence-corrected chi connectivity index (χ3v) is 3.14. The standard InChI is InChI=1S/C16H16O2/c1-13(17)16(18,15-10-6-3-7-11-15)12-14-8-4-2-5-9-14/h2-11,18H,12H2,1H3. The first-order valence-electron chi connectivity index (χ1n) is 5.96. The monoisotopic (exact) mass is 240 g/mol. The molecule has 0 radical (unpaired) electrons. The number of ketones is 1. The van der Waals surface area contributed by atoms with E-state index in [4.69, 9.17) is 0 Å². The first-order valence-corrected chi connectivity index (χ1v) is 5.96. The number of benzene rings is 2. The van der Waals surface area contributed by atoms with Gasteiger partial charge in [0.1, 0.15) is 0 Å². The number of Topliss-reactive ketones (excluding diaryl/α,β-unsaturated/α-hetero) is 1. The maximum Gasteiger partial charge on any atom is 0.166 e. The molecule has 2 heteroatoms. The lowest BCUT2D eigenvalue weighted by Gasteiger charge is -2.26. The van der Waals surface area contributed by atoms with E-state index < -0.39 is 5.60 Å². The molecule has 0 heterocycles. The molecule has 0 aromatic heterocycles. The molecule has 0 amide bonds. The van der Waals surface area contributed by atoms with Gasteiger partial charge in [-0.3, -0.25) is 4.79 Å². The van der Waals surface area contributed by atoms with Crippen LogP contribution in [0.4, 0.5) is 0 Å². The van der Waals surface area contributed by atoms with E-state index in [1.54, 1.807) is 12.1 Å². The zero-order valence-corrected chi connectivity index (χ0v) is 10.3. The number of aliphatic hydroxyl groups is 1. The van der Waals surface area contributed by atoms with Crippen LogP contribution in [0, 0.1) is 0 Å². The maximum atomic E-state index is 11.8. The Kier molecular flexibility index (Phi) is 3.58. The van der Waals surface area contributed by atoms with Crippen molar-refractivity contribution in [3.8, 4) is 0 Å². The minimum Gasteiger partial charge on any atom is -0.377 e. The van der Waals surface area contributed by atoms with Crippen molar-refractivity contribution in [2.24, 2.45) is 0 Å². The topological polar surface area (TPSA) is 37.3 Å². The number of carbonyl (C=O) groups excluding carboxylic acids is 1. The molecule has 1 atom stereocenters. The Morgan fingerprint density at radius 1 is 1.00 bits per heavy atom. The van der Waals surface area contributed by atoms with Crippen LogP contribution in [-0.2, 0) is 16.8 Å². The Labute approximate surface area is 107 Å². The molecule has 2 aromatic rings. The Balaban J connectivity index is 2.37. The summed E-state index contributed by atoms with van der Waals surface area (Å²) in [7, 11) is 0. The summed E-state index contributed by atoms with van der Waals surface area (Å²) in [6.45, 7) is 1.43.